The molecule has 6 nitrogen and oxygen atoms in total. The van der Waals surface area contributed by atoms with Crippen LogP contribution in [0.25, 0.3) is 11.6 Å². The molecule has 0 radical (unpaired) electrons. The van der Waals surface area contributed by atoms with Gasteiger partial charge in [0, 0.05) is 11.9 Å². The molecule has 0 N–H and O–H groups in total. The molecule has 1 fully saturated rings. The average Bonchev–Trinajstić information content (AvgIpc) is 3.20. The van der Waals surface area contributed by atoms with Gasteiger partial charge < -0.3 is 4.52 Å². The van der Waals surface area contributed by atoms with Crippen LogP contribution in [0.3, 0.4) is 0 Å². The van der Waals surface area contributed by atoms with Crippen molar-refractivity contribution < 1.29 is 22.5 Å². The number of halogens is 4. The Labute approximate surface area is 202 Å². The summed E-state index contributed by atoms with van der Waals surface area (Å²) in [5.74, 6) is -3.75. The van der Waals surface area contributed by atoms with E-state index in [0.29, 0.717) is 23.4 Å². The number of carbonyl (C=O) groups excluding carboxylic acids is 1. The Hall–Kier alpha value is -2.68. The molecule has 0 spiro atoms. The highest BCUT2D eigenvalue weighted by Gasteiger charge is 2.51. The van der Waals surface area contributed by atoms with E-state index in [1.165, 1.54) is 31.5 Å². The number of nitrogens with zero attached hydrogens (tertiary/aromatic N) is 4. The van der Waals surface area contributed by atoms with Gasteiger partial charge >= 0.3 is 0 Å². The molecule has 0 amide bonds. The summed E-state index contributed by atoms with van der Waals surface area (Å²) in [6.07, 6.45) is 2.54. The smallest absolute Gasteiger partial charge is 0.286 e. The quantitative estimate of drug-likeness (QED) is 0.367. The molecule has 0 unspecified atom stereocenters. The third-order valence-corrected chi connectivity index (χ3v) is 5.20. The molecule has 0 atom stereocenters. The highest BCUT2D eigenvalue weighted by molar-refractivity contribution is 6.31. The maximum atomic E-state index is 13.9. The average molecular weight is 499 g/mol. The van der Waals surface area contributed by atoms with E-state index in [9.17, 15) is 18.0 Å². The number of alkyl halides is 2. The topological polar surface area (TPSA) is 73.8 Å². The minimum absolute atomic E-state index is 0.0302. The van der Waals surface area contributed by atoms with Gasteiger partial charge in [-0.25, -0.2) is 4.39 Å². The zero-order valence-corrected chi connectivity index (χ0v) is 21.0. The van der Waals surface area contributed by atoms with Gasteiger partial charge in [0.1, 0.15) is 11.5 Å². The minimum Gasteiger partial charge on any atom is -0.332 e. The summed E-state index contributed by atoms with van der Waals surface area (Å²) in [4.78, 5) is 15.7. The molecule has 10 heteroatoms. The molecule has 0 saturated heterocycles. The lowest BCUT2D eigenvalue weighted by Gasteiger charge is -2.12. The first-order chi connectivity index (χ1) is 16.0. The van der Waals surface area contributed by atoms with Crippen molar-refractivity contribution in [1.82, 2.24) is 19.9 Å². The van der Waals surface area contributed by atoms with Crippen molar-refractivity contribution in [3.8, 4) is 11.6 Å². The summed E-state index contributed by atoms with van der Waals surface area (Å²) in [7, 11) is 0. The van der Waals surface area contributed by atoms with Crippen molar-refractivity contribution >= 4 is 17.4 Å². The van der Waals surface area contributed by atoms with Crippen molar-refractivity contribution in [2.45, 2.75) is 78.7 Å². The summed E-state index contributed by atoms with van der Waals surface area (Å²) in [6.45, 7) is 9.95. The maximum Gasteiger partial charge on any atom is 0.286 e. The van der Waals surface area contributed by atoms with Gasteiger partial charge in [-0.05, 0) is 49.6 Å². The van der Waals surface area contributed by atoms with Gasteiger partial charge in [0.25, 0.3) is 11.8 Å². The Morgan fingerprint density at radius 1 is 1.24 bits per heavy atom. The number of Topliss-reactive ketones (excluding diaryl/α,β-unsaturated/α-hetero) is 1. The third kappa shape index (κ3) is 6.05. The highest BCUT2D eigenvalue weighted by Crippen LogP contribution is 2.54. The van der Waals surface area contributed by atoms with Crippen molar-refractivity contribution in [3.05, 3.63) is 52.2 Å². The zero-order chi connectivity index (χ0) is 25.7. The van der Waals surface area contributed by atoms with E-state index < -0.39 is 22.8 Å². The SMILES string of the molecule is CC.CC(=O)Cn1nc(-c2nc(C3(c4cc(F)ccc4Cl)CC3)no2)cc1C(C)(F)F.CCC. The maximum absolute atomic E-state index is 13.9. The van der Waals surface area contributed by atoms with Crippen molar-refractivity contribution in [1.29, 1.82) is 0 Å². The lowest BCUT2D eigenvalue weighted by molar-refractivity contribution is -0.117. The molecule has 1 aromatic carbocycles. The van der Waals surface area contributed by atoms with Crippen LogP contribution in [0.2, 0.25) is 5.02 Å². The van der Waals surface area contributed by atoms with Gasteiger partial charge in [0.2, 0.25) is 0 Å². The fourth-order valence-corrected chi connectivity index (χ4v) is 3.63. The Kier molecular flexibility index (Phi) is 9.05. The monoisotopic (exact) mass is 498 g/mol. The lowest BCUT2D eigenvalue weighted by Crippen LogP contribution is -2.18. The van der Waals surface area contributed by atoms with Crippen LogP contribution in [-0.2, 0) is 22.7 Å². The number of hydrogen-bond donors (Lipinski definition) is 0. The van der Waals surface area contributed by atoms with Crippen molar-refractivity contribution in [2.75, 3.05) is 0 Å². The van der Waals surface area contributed by atoms with Crippen LogP contribution in [0.5, 0.6) is 0 Å². The highest BCUT2D eigenvalue weighted by atomic mass is 35.5. The predicted molar refractivity (Wildman–Crippen MR) is 125 cm³/mol. The van der Waals surface area contributed by atoms with Crippen LogP contribution < -0.4 is 0 Å². The van der Waals surface area contributed by atoms with Crippen LogP contribution >= 0.6 is 11.6 Å². The fourth-order valence-electron chi connectivity index (χ4n) is 3.33. The van der Waals surface area contributed by atoms with Crippen molar-refractivity contribution in [2.24, 2.45) is 0 Å². The normalized spacial score (nSPS) is 13.9. The summed E-state index contributed by atoms with van der Waals surface area (Å²) >= 11 is 6.23. The molecular weight excluding hydrogens is 469 g/mol. The Balaban J connectivity index is 0.000000758. The molecular formula is C24H30ClF3N4O2. The second-order valence-electron chi connectivity index (χ2n) is 8.00. The van der Waals surface area contributed by atoms with Crippen molar-refractivity contribution in [3.63, 3.8) is 0 Å². The largest absolute Gasteiger partial charge is 0.332 e. The standard InChI is InChI=1S/C19H16ClF3N4O2.C3H8.C2H6/c1-10(28)9-27-15(18(2,22)23)8-14(25-27)16-24-17(26-29-16)19(5-6-19)12-7-11(21)3-4-13(12)20;1-3-2;1-2/h3-4,7-8H,5-6,9H2,1-2H3;3H2,1-2H3;1-2H3. The van der Waals surface area contributed by atoms with E-state index in [2.05, 4.69) is 29.1 Å². The number of benzene rings is 1. The fraction of sp³-hybridized carbons (Fsp3) is 0.500. The first kappa shape index (κ1) is 27.6. The Morgan fingerprint density at radius 3 is 2.38 bits per heavy atom. The molecule has 3 aromatic rings. The molecule has 1 aliphatic rings. The number of aromatic nitrogens is 4. The number of rotatable bonds is 6. The van der Waals surface area contributed by atoms with Crippen LogP contribution in [0.4, 0.5) is 13.2 Å². The van der Waals surface area contributed by atoms with Gasteiger partial charge in [-0.1, -0.05) is 50.9 Å². The number of ketones is 1. The summed E-state index contributed by atoms with van der Waals surface area (Å²) in [5.41, 5.74) is -0.533. The minimum atomic E-state index is -3.21. The van der Waals surface area contributed by atoms with Gasteiger partial charge in [-0.2, -0.15) is 18.9 Å². The van der Waals surface area contributed by atoms with Crippen LogP contribution in [0, 0.1) is 5.82 Å². The summed E-state index contributed by atoms with van der Waals surface area (Å²) in [5, 5.41) is 8.39. The third-order valence-electron chi connectivity index (χ3n) is 4.87. The molecule has 1 saturated carbocycles. The molecule has 34 heavy (non-hydrogen) atoms. The van der Waals surface area contributed by atoms with E-state index in [1.54, 1.807) is 0 Å². The van der Waals surface area contributed by atoms with E-state index >= 15 is 0 Å². The molecule has 0 aliphatic heterocycles. The summed E-state index contributed by atoms with van der Waals surface area (Å²) in [6, 6.07) is 5.18. The van der Waals surface area contributed by atoms with Crippen LogP contribution in [0.1, 0.15) is 77.9 Å². The van der Waals surface area contributed by atoms with Crippen LogP contribution in [0.15, 0.2) is 28.8 Å². The Morgan fingerprint density at radius 2 is 1.85 bits per heavy atom. The van der Waals surface area contributed by atoms with E-state index in [-0.39, 0.29) is 29.7 Å². The molecule has 186 valence electrons. The number of carbonyl (C=O) groups is 1. The number of hydrogen-bond acceptors (Lipinski definition) is 5. The molecule has 0 bridgehead atoms. The Bertz CT molecular complexity index is 1120. The van der Waals surface area contributed by atoms with E-state index in [4.69, 9.17) is 16.1 Å². The molecule has 2 aromatic heterocycles. The van der Waals surface area contributed by atoms with E-state index in [0.717, 1.165) is 17.7 Å². The first-order valence-electron chi connectivity index (χ1n) is 11.3. The first-order valence-corrected chi connectivity index (χ1v) is 11.6. The predicted octanol–water partition coefficient (Wildman–Crippen LogP) is 6.95. The van der Waals surface area contributed by atoms with E-state index in [1.807, 2.05) is 13.8 Å². The van der Waals surface area contributed by atoms with Gasteiger partial charge in [0.05, 0.1) is 12.0 Å². The summed E-state index contributed by atoms with van der Waals surface area (Å²) < 4.78 is 47.7. The van der Waals surface area contributed by atoms with Gasteiger partial charge in [-0.15, -0.1) is 0 Å². The van der Waals surface area contributed by atoms with Gasteiger partial charge in [0.15, 0.2) is 17.3 Å². The molecule has 1 aliphatic carbocycles. The molecule has 2 heterocycles. The van der Waals surface area contributed by atoms with Gasteiger partial charge in [-0.3, -0.25) is 9.48 Å². The second kappa shape index (κ2) is 11.2. The second-order valence-corrected chi connectivity index (χ2v) is 8.41. The molecule has 4 rings (SSSR count). The zero-order valence-electron chi connectivity index (χ0n) is 20.3. The van der Waals surface area contributed by atoms with Crippen LogP contribution in [-0.4, -0.2) is 25.7 Å². The lowest BCUT2D eigenvalue weighted by atomic mass is 9.95.